The minimum absolute atomic E-state index is 0.443. The van der Waals surface area contributed by atoms with Gasteiger partial charge < -0.3 is 9.32 Å². The summed E-state index contributed by atoms with van der Waals surface area (Å²) in [5.41, 5.74) is 3.51. The van der Waals surface area contributed by atoms with Gasteiger partial charge in [-0.15, -0.1) is 10.2 Å². The van der Waals surface area contributed by atoms with Crippen LogP contribution in [0.5, 0.6) is 0 Å². The molecule has 0 bridgehead atoms. The molecule has 0 N–H and O–H groups in total. The van der Waals surface area contributed by atoms with Crippen molar-refractivity contribution in [3.63, 3.8) is 0 Å². The number of hydrogen-bond donors (Lipinski definition) is 0. The first-order chi connectivity index (χ1) is 16.0. The number of nitrogens with zero attached hydrogens (tertiary/aromatic N) is 5. The van der Waals surface area contributed by atoms with E-state index in [1.54, 1.807) is 12.4 Å². The first kappa shape index (κ1) is 23.3. The van der Waals surface area contributed by atoms with Crippen LogP contribution in [-0.2, 0) is 12.8 Å². The van der Waals surface area contributed by atoms with Gasteiger partial charge in [0.05, 0.1) is 0 Å². The zero-order valence-corrected chi connectivity index (χ0v) is 20.2. The van der Waals surface area contributed by atoms with Gasteiger partial charge in [-0.2, -0.15) is 0 Å². The summed E-state index contributed by atoms with van der Waals surface area (Å²) in [6.45, 7) is 9.07. The molecule has 6 nitrogen and oxygen atoms in total. The molecule has 3 heterocycles. The Kier molecular flexibility index (Phi) is 7.65. The Hall–Kier alpha value is -2.86. The predicted octanol–water partition coefficient (Wildman–Crippen LogP) is 5.10. The van der Waals surface area contributed by atoms with Crippen molar-refractivity contribution in [1.29, 1.82) is 0 Å². The van der Waals surface area contributed by atoms with Crippen LogP contribution in [0.15, 0.2) is 65.0 Å². The summed E-state index contributed by atoms with van der Waals surface area (Å²) in [4.78, 5) is 11.0. The van der Waals surface area contributed by atoms with E-state index in [1.165, 1.54) is 5.57 Å². The normalized spacial score (nSPS) is 20.9. The third-order valence-electron chi connectivity index (χ3n) is 6.90. The van der Waals surface area contributed by atoms with Crippen LogP contribution >= 0.6 is 0 Å². The number of aromatic nitrogens is 4. The van der Waals surface area contributed by atoms with Crippen molar-refractivity contribution in [2.75, 3.05) is 20.1 Å². The van der Waals surface area contributed by atoms with Crippen LogP contribution in [0.25, 0.3) is 11.5 Å². The van der Waals surface area contributed by atoms with Crippen LogP contribution in [-0.4, -0.2) is 45.2 Å². The smallest absolute Gasteiger partial charge is 0.247 e. The van der Waals surface area contributed by atoms with Crippen LogP contribution < -0.4 is 0 Å². The Balaban J connectivity index is 1.39. The zero-order chi connectivity index (χ0) is 23.2. The zero-order valence-electron chi connectivity index (χ0n) is 20.2. The highest BCUT2D eigenvalue weighted by Gasteiger charge is 2.33. The molecule has 0 aliphatic heterocycles. The molecular weight excluding hydrogens is 410 g/mol. The van der Waals surface area contributed by atoms with Crippen molar-refractivity contribution < 1.29 is 4.42 Å². The molecule has 1 aliphatic carbocycles. The lowest BCUT2D eigenvalue weighted by Crippen LogP contribution is -2.36. The second kappa shape index (κ2) is 10.8. The molecule has 0 saturated carbocycles. The molecule has 33 heavy (non-hydrogen) atoms. The van der Waals surface area contributed by atoms with Crippen LogP contribution in [0, 0.1) is 23.7 Å². The van der Waals surface area contributed by atoms with Crippen molar-refractivity contribution >= 4 is 0 Å². The first-order valence-corrected chi connectivity index (χ1v) is 12.0. The van der Waals surface area contributed by atoms with Gasteiger partial charge >= 0.3 is 0 Å². The lowest BCUT2D eigenvalue weighted by molar-refractivity contribution is 0.176. The van der Waals surface area contributed by atoms with Crippen LogP contribution in [0.2, 0.25) is 0 Å². The molecule has 0 amide bonds. The molecule has 6 heteroatoms. The fraction of sp³-hybridized carbons (Fsp3) is 0.481. The molecule has 0 unspecified atom stereocenters. The summed E-state index contributed by atoms with van der Waals surface area (Å²) in [7, 11) is 2.23. The molecule has 3 aromatic rings. The second-order valence-electron chi connectivity index (χ2n) is 9.69. The molecule has 3 aromatic heterocycles. The Morgan fingerprint density at radius 3 is 2.64 bits per heavy atom. The summed E-state index contributed by atoms with van der Waals surface area (Å²) < 4.78 is 5.99. The summed E-state index contributed by atoms with van der Waals surface area (Å²) in [5, 5.41) is 8.59. The number of allylic oxidation sites excluding steroid dienone is 1. The molecule has 174 valence electrons. The maximum absolute atomic E-state index is 5.99. The van der Waals surface area contributed by atoms with Gasteiger partial charge in [-0.1, -0.05) is 31.6 Å². The monoisotopic (exact) mass is 445 g/mol. The Labute approximate surface area is 197 Å². The van der Waals surface area contributed by atoms with E-state index >= 15 is 0 Å². The van der Waals surface area contributed by atoms with E-state index in [4.69, 9.17) is 4.42 Å². The standard InChI is InChI=1S/C27H35N5O/c1-19(2)25-16-22(17-26-30-31-27(33-26)21-8-12-28-13-9-21)20(3)15-23(25)18-32(4)14-10-24-7-5-6-11-29-24/h5-9,11-13,15,19,22-23,25H,10,14,16-18H2,1-4H3/t22-,23-,25-/m0/s1. The van der Waals surface area contributed by atoms with E-state index in [-0.39, 0.29) is 0 Å². The van der Waals surface area contributed by atoms with E-state index < -0.39 is 0 Å². The van der Waals surface area contributed by atoms with Crippen molar-refractivity contribution in [3.8, 4) is 11.5 Å². The average Bonchev–Trinajstić information content (AvgIpc) is 3.29. The Morgan fingerprint density at radius 1 is 1.09 bits per heavy atom. The third kappa shape index (κ3) is 6.14. The van der Waals surface area contributed by atoms with Gasteiger partial charge in [0.15, 0.2) is 0 Å². The lowest BCUT2D eigenvalue weighted by Gasteiger charge is -2.38. The van der Waals surface area contributed by atoms with Gasteiger partial charge in [0, 0.05) is 55.8 Å². The maximum atomic E-state index is 5.99. The summed E-state index contributed by atoms with van der Waals surface area (Å²) in [6, 6.07) is 9.94. The molecule has 3 atom stereocenters. The van der Waals surface area contributed by atoms with Gasteiger partial charge in [-0.3, -0.25) is 9.97 Å². The SMILES string of the molecule is CC1=C[C@@H](CN(C)CCc2ccccn2)[C@H](C(C)C)C[C@H]1Cc1nnc(-c2ccncc2)o1. The fourth-order valence-electron chi connectivity index (χ4n) is 4.95. The molecule has 0 saturated heterocycles. The average molecular weight is 446 g/mol. The van der Waals surface area contributed by atoms with Crippen LogP contribution in [0.3, 0.4) is 0 Å². The highest BCUT2D eigenvalue weighted by Crippen LogP contribution is 2.39. The van der Waals surface area contributed by atoms with Crippen molar-refractivity contribution in [2.45, 2.75) is 40.0 Å². The molecular formula is C27H35N5O. The maximum Gasteiger partial charge on any atom is 0.247 e. The fourth-order valence-corrected chi connectivity index (χ4v) is 4.95. The van der Waals surface area contributed by atoms with E-state index in [2.05, 4.69) is 71.1 Å². The summed E-state index contributed by atoms with van der Waals surface area (Å²) in [5.74, 6) is 3.55. The molecule has 0 aromatic carbocycles. The van der Waals surface area contributed by atoms with Gasteiger partial charge in [0.1, 0.15) is 0 Å². The van der Waals surface area contributed by atoms with Gasteiger partial charge in [0.25, 0.3) is 0 Å². The Morgan fingerprint density at radius 2 is 1.91 bits per heavy atom. The van der Waals surface area contributed by atoms with E-state index in [1.807, 2.05) is 24.4 Å². The van der Waals surface area contributed by atoms with E-state index in [9.17, 15) is 0 Å². The van der Waals surface area contributed by atoms with Crippen molar-refractivity contribution in [2.24, 2.45) is 23.7 Å². The highest BCUT2D eigenvalue weighted by atomic mass is 16.4. The largest absolute Gasteiger partial charge is 0.421 e. The topological polar surface area (TPSA) is 67.9 Å². The van der Waals surface area contributed by atoms with Crippen LogP contribution in [0.4, 0.5) is 0 Å². The minimum atomic E-state index is 0.443. The second-order valence-corrected chi connectivity index (χ2v) is 9.69. The highest BCUT2D eigenvalue weighted by molar-refractivity contribution is 5.50. The van der Waals surface area contributed by atoms with E-state index in [0.29, 0.717) is 35.5 Å². The van der Waals surface area contributed by atoms with E-state index in [0.717, 1.165) is 43.6 Å². The molecule has 0 radical (unpaired) electrons. The third-order valence-corrected chi connectivity index (χ3v) is 6.90. The van der Waals surface area contributed by atoms with Crippen molar-refractivity contribution in [1.82, 2.24) is 25.1 Å². The van der Waals surface area contributed by atoms with Gasteiger partial charge in [0.2, 0.25) is 11.8 Å². The number of rotatable bonds is 9. The Bertz CT molecular complexity index is 1030. The summed E-state index contributed by atoms with van der Waals surface area (Å²) >= 11 is 0. The summed E-state index contributed by atoms with van der Waals surface area (Å²) in [6.07, 6.45) is 10.8. The number of likely N-dealkylation sites (N-methyl/N-ethyl adjacent to an activating group) is 1. The number of pyridine rings is 2. The first-order valence-electron chi connectivity index (χ1n) is 12.0. The molecule has 0 fully saturated rings. The number of hydrogen-bond acceptors (Lipinski definition) is 6. The van der Waals surface area contributed by atoms with Crippen molar-refractivity contribution in [3.05, 3.63) is 72.2 Å². The van der Waals surface area contributed by atoms with Gasteiger partial charge in [-0.05, 0) is 68.3 Å². The quantitative estimate of drug-likeness (QED) is 0.427. The predicted molar refractivity (Wildman–Crippen MR) is 130 cm³/mol. The van der Waals surface area contributed by atoms with Gasteiger partial charge in [-0.25, -0.2) is 0 Å². The minimum Gasteiger partial charge on any atom is -0.421 e. The lowest BCUT2D eigenvalue weighted by atomic mass is 9.69. The molecule has 4 rings (SSSR count). The molecule has 1 aliphatic rings. The molecule has 0 spiro atoms. The van der Waals surface area contributed by atoms with Crippen LogP contribution in [0.1, 0.15) is 38.8 Å².